The fourth-order valence-corrected chi connectivity index (χ4v) is 2.42. The Kier molecular flexibility index (Phi) is 3.82. The molecule has 1 atom stereocenters. The lowest BCUT2D eigenvalue weighted by atomic mass is 9.79. The number of carbonyl (C=O) groups excluding carboxylic acids is 1. The zero-order valence-electron chi connectivity index (χ0n) is 10.6. The summed E-state index contributed by atoms with van der Waals surface area (Å²) >= 11 is 0. The number of esters is 1. The molecule has 0 aliphatic heterocycles. The first-order valence-corrected chi connectivity index (χ1v) is 6.44. The van der Waals surface area contributed by atoms with Crippen molar-refractivity contribution in [2.75, 3.05) is 7.11 Å². The van der Waals surface area contributed by atoms with Crippen molar-refractivity contribution < 1.29 is 9.53 Å². The Morgan fingerprint density at radius 3 is 2.41 bits per heavy atom. The third-order valence-corrected chi connectivity index (χ3v) is 3.81. The Labute approximate surface area is 103 Å². The Morgan fingerprint density at radius 2 is 2.00 bits per heavy atom. The monoisotopic (exact) mass is 232 g/mol. The van der Waals surface area contributed by atoms with Crippen molar-refractivity contribution in [2.24, 2.45) is 0 Å². The molecule has 0 spiro atoms. The molecule has 1 aromatic rings. The van der Waals surface area contributed by atoms with Crippen LogP contribution < -0.4 is 0 Å². The van der Waals surface area contributed by atoms with Crippen molar-refractivity contribution in [3.63, 3.8) is 0 Å². The van der Waals surface area contributed by atoms with Crippen LogP contribution in [0.3, 0.4) is 0 Å². The fraction of sp³-hybridized carbons (Fsp3) is 0.533. The molecule has 1 aromatic carbocycles. The van der Waals surface area contributed by atoms with Gasteiger partial charge in [-0.2, -0.15) is 0 Å². The standard InChI is InChI=1S/C15H20O2/c1-3-14(15(16)17-2)13-9-7-12(8-10-13)11-5-4-6-11/h7-11,14H,3-6H2,1-2H3. The summed E-state index contributed by atoms with van der Waals surface area (Å²) in [7, 11) is 1.45. The van der Waals surface area contributed by atoms with E-state index in [9.17, 15) is 4.79 Å². The van der Waals surface area contributed by atoms with E-state index in [1.165, 1.54) is 31.9 Å². The van der Waals surface area contributed by atoms with Gasteiger partial charge < -0.3 is 4.74 Å². The molecule has 2 heteroatoms. The highest BCUT2D eigenvalue weighted by atomic mass is 16.5. The number of rotatable bonds is 4. The Bertz CT molecular complexity index is 376. The van der Waals surface area contributed by atoms with E-state index in [4.69, 9.17) is 4.74 Å². The second-order valence-electron chi connectivity index (χ2n) is 4.78. The van der Waals surface area contributed by atoms with Gasteiger partial charge in [-0.3, -0.25) is 4.79 Å². The van der Waals surface area contributed by atoms with E-state index in [1.54, 1.807) is 0 Å². The van der Waals surface area contributed by atoms with Crippen molar-refractivity contribution in [1.29, 1.82) is 0 Å². The van der Waals surface area contributed by atoms with Gasteiger partial charge in [0.25, 0.3) is 0 Å². The predicted molar refractivity (Wildman–Crippen MR) is 68.1 cm³/mol. The minimum Gasteiger partial charge on any atom is -0.469 e. The van der Waals surface area contributed by atoms with Gasteiger partial charge in [0.2, 0.25) is 0 Å². The van der Waals surface area contributed by atoms with Crippen LogP contribution >= 0.6 is 0 Å². The molecule has 0 aromatic heterocycles. The van der Waals surface area contributed by atoms with E-state index in [0.717, 1.165) is 17.9 Å². The Hall–Kier alpha value is -1.31. The van der Waals surface area contributed by atoms with E-state index in [2.05, 4.69) is 24.3 Å². The van der Waals surface area contributed by atoms with Crippen LogP contribution in [0.4, 0.5) is 0 Å². The van der Waals surface area contributed by atoms with Gasteiger partial charge in [-0.15, -0.1) is 0 Å². The van der Waals surface area contributed by atoms with E-state index >= 15 is 0 Å². The number of carbonyl (C=O) groups is 1. The topological polar surface area (TPSA) is 26.3 Å². The van der Waals surface area contributed by atoms with Crippen LogP contribution in [-0.2, 0) is 9.53 Å². The molecule has 92 valence electrons. The largest absolute Gasteiger partial charge is 0.469 e. The van der Waals surface area contributed by atoms with Crippen LogP contribution in [0.2, 0.25) is 0 Å². The van der Waals surface area contributed by atoms with Crippen LogP contribution in [0.5, 0.6) is 0 Å². The first kappa shape index (κ1) is 12.2. The first-order chi connectivity index (χ1) is 8.26. The third-order valence-electron chi connectivity index (χ3n) is 3.81. The quantitative estimate of drug-likeness (QED) is 0.741. The van der Waals surface area contributed by atoms with Crippen LogP contribution in [0.1, 0.15) is 55.6 Å². The lowest BCUT2D eigenvalue weighted by Crippen LogP contribution is -2.14. The van der Waals surface area contributed by atoms with Crippen LogP contribution in [0.15, 0.2) is 24.3 Å². The molecule has 0 saturated heterocycles. The van der Waals surface area contributed by atoms with Crippen molar-refractivity contribution in [1.82, 2.24) is 0 Å². The Morgan fingerprint density at radius 1 is 1.35 bits per heavy atom. The van der Waals surface area contributed by atoms with Gasteiger partial charge in [0.1, 0.15) is 0 Å². The van der Waals surface area contributed by atoms with Crippen molar-refractivity contribution >= 4 is 5.97 Å². The minimum atomic E-state index is -0.135. The van der Waals surface area contributed by atoms with Gasteiger partial charge in [-0.1, -0.05) is 37.6 Å². The smallest absolute Gasteiger partial charge is 0.313 e. The van der Waals surface area contributed by atoms with Crippen LogP contribution in [0, 0.1) is 0 Å². The molecule has 2 nitrogen and oxygen atoms in total. The molecule has 1 aliphatic rings. The normalized spacial score (nSPS) is 17.3. The average molecular weight is 232 g/mol. The van der Waals surface area contributed by atoms with E-state index < -0.39 is 0 Å². The van der Waals surface area contributed by atoms with E-state index in [0.29, 0.717) is 0 Å². The third kappa shape index (κ3) is 2.51. The average Bonchev–Trinajstić information content (AvgIpc) is 2.29. The summed E-state index contributed by atoms with van der Waals surface area (Å²) in [6.45, 7) is 2.02. The van der Waals surface area contributed by atoms with Crippen molar-refractivity contribution in [3.05, 3.63) is 35.4 Å². The summed E-state index contributed by atoms with van der Waals surface area (Å²) in [5.74, 6) is 0.501. The molecule has 1 unspecified atom stereocenters. The van der Waals surface area contributed by atoms with Crippen molar-refractivity contribution in [2.45, 2.75) is 44.4 Å². The summed E-state index contributed by atoms with van der Waals surface area (Å²) < 4.78 is 4.83. The number of methoxy groups -OCH3 is 1. The van der Waals surface area contributed by atoms with Gasteiger partial charge in [-0.05, 0) is 36.3 Å². The highest BCUT2D eigenvalue weighted by Gasteiger charge is 2.22. The van der Waals surface area contributed by atoms with Crippen molar-refractivity contribution in [3.8, 4) is 0 Å². The summed E-state index contributed by atoms with van der Waals surface area (Å²) in [5, 5.41) is 0. The molecule has 17 heavy (non-hydrogen) atoms. The molecule has 1 fully saturated rings. The van der Waals surface area contributed by atoms with Gasteiger partial charge in [-0.25, -0.2) is 0 Å². The fourth-order valence-electron chi connectivity index (χ4n) is 2.42. The molecule has 1 saturated carbocycles. The minimum absolute atomic E-state index is 0.115. The molecule has 2 rings (SSSR count). The maximum absolute atomic E-state index is 11.6. The number of ether oxygens (including phenoxy) is 1. The summed E-state index contributed by atoms with van der Waals surface area (Å²) in [5.41, 5.74) is 2.49. The lowest BCUT2D eigenvalue weighted by Gasteiger charge is -2.26. The van der Waals surface area contributed by atoms with E-state index in [-0.39, 0.29) is 11.9 Å². The van der Waals surface area contributed by atoms with E-state index in [1.807, 2.05) is 6.92 Å². The maximum Gasteiger partial charge on any atom is 0.313 e. The zero-order chi connectivity index (χ0) is 12.3. The predicted octanol–water partition coefficient (Wildman–Crippen LogP) is 3.62. The highest BCUT2D eigenvalue weighted by molar-refractivity contribution is 5.77. The maximum atomic E-state index is 11.6. The second kappa shape index (κ2) is 5.35. The molecular formula is C15H20O2. The van der Waals surface area contributed by atoms with Crippen LogP contribution in [0.25, 0.3) is 0 Å². The van der Waals surface area contributed by atoms with Crippen LogP contribution in [-0.4, -0.2) is 13.1 Å². The molecule has 0 N–H and O–H groups in total. The first-order valence-electron chi connectivity index (χ1n) is 6.44. The molecule has 0 heterocycles. The lowest BCUT2D eigenvalue weighted by molar-refractivity contribution is -0.142. The highest BCUT2D eigenvalue weighted by Crippen LogP contribution is 2.36. The summed E-state index contributed by atoms with van der Waals surface area (Å²) in [4.78, 5) is 11.6. The van der Waals surface area contributed by atoms with Gasteiger partial charge in [0.15, 0.2) is 0 Å². The number of hydrogen-bond donors (Lipinski definition) is 0. The molecule has 0 bridgehead atoms. The Balaban J connectivity index is 2.12. The van der Waals surface area contributed by atoms with Gasteiger partial charge >= 0.3 is 5.97 Å². The summed E-state index contributed by atoms with van der Waals surface area (Å²) in [6, 6.07) is 8.51. The zero-order valence-corrected chi connectivity index (χ0v) is 10.6. The molecule has 0 amide bonds. The van der Waals surface area contributed by atoms with Gasteiger partial charge in [0.05, 0.1) is 13.0 Å². The molecule has 1 aliphatic carbocycles. The number of hydrogen-bond acceptors (Lipinski definition) is 2. The van der Waals surface area contributed by atoms with Gasteiger partial charge in [0, 0.05) is 0 Å². The number of benzene rings is 1. The SMILES string of the molecule is CCC(C(=O)OC)c1ccc(C2CCC2)cc1. The second-order valence-corrected chi connectivity index (χ2v) is 4.78. The molecule has 0 radical (unpaired) electrons. The summed E-state index contributed by atoms with van der Waals surface area (Å²) in [6.07, 6.45) is 4.77. The molecular weight excluding hydrogens is 212 g/mol.